The van der Waals surface area contributed by atoms with Crippen molar-refractivity contribution in [1.82, 2.24) is 0 Å². The van der Waals surface area contributed by atoms with Crippen LogP contribution in [0.4, 0.5) is 26.3 Å². The molecular formula is C16H19ClF6O5S. The van der Waals surface area contributed by atoms with E-state index >= 15 is 0 Å². The maximum absolute atomic E-state index is 13.2. The van der Waals surface area contributed by atoms with Gasteiger partial charge in [-0.25, -0.2) is 4.79 Å². The van der Waals surface area contributed by atoms with Crippen molar-refractivity contribution >= 4 is 27.7 Å². The molecule has 168 valence electrons. The molecule has 4 fully saturated rings. The van der Waals surface area contributed by atoms with Crippen LogP contribution in [-0.2, 0) is 19.6 Å². The minimum absolute atomic E-state index is 0.172. The molecule has 0 amide bonds. The fourth-order valence-electron chi connectivity index (χ4n) is 6.08. The van der Waals surface area contributed by atoms with Crippen LogP contribution in [0.5, 0.6) is 0 Å². The summed E-state index contributed by atoms with van der Waals surface area (Å²) in [4.78, 5) is 12.0. The zero-order chi connectivity index (χ0) is 22.1. The van der Waals surface area contributed by atoms with E-state index in [1.165, 1.54) is 0 Å². The Kier molecular flexibility index (Phi) is 5.23. The van der Waals surface area contributed by atoms with E-state index in [4.69, 9.17) is 16.2 Å². The SMILES string of the molecule is O=C(OCC12CC3CC(CC(CCl)(C3)C1)C2)C(C(F)(F)F)(C(F)(F)F)S(=O)(=O)O. The number of hydrogen-bond acceptors (Lipinski definition) is 4. The van der Waals surface area contributed by atoms with Gasteiger partial charge in [0, 0.05) is 11.3 Å². The van der Waals surface area contributed by atoms with Gasteiger partial charge in [0.15, 0.2) is 0 Å². The van der Waals surface area contributed by atoms with Crippen molar-refractivity contribution < 1.29 is 48.8 Å². The predicted molar refractivity (Wildman–Crippen MR) is 87.6 cm³/mol. The molecule has 1 N–H and O–H groups in total. The van der Waals surface area contributed by atoms with Crippen molar-refractivity contribution in [3.63, 3.8) is 0 Å². The number of esters is 1. The van der Waals surface area contributed by atoms with E-state index in [2.05, 4.69) is 4.74 Å². The summed E-state index contributed by atoms with van der Waals surface area (Å²) < 4.78 is 109. The number of carbonyl (C=O) groups is 1. The monoisotopic (exact) mass is 472 g/mol. The lowest BCUT2D eigenvalue weighted by atomic mass is 9.45. The molecule has 4 aliphatic rings. The van der Waals surface area contributed by atoms with Crippen molar-refractivity contribution in [2.45, 2.75) is 55.6 Å². The normalized spacial score (nSPS) is 35.0. The number of hydrogen-bond donors (Lipinski definition) is 1. The molecule has 2 atom stereocenters. The lowest BCUT2D eigenvalue weighted by Gasteiger charge is -2.61. The molecule has 0 aliphatic heterocycles. The van der Waals surface area contributed by atoms with Gasteiger partial charge in [-0.3, -0.25) is 4.55 Å². The zero-order valence-electron chi connectivity index (χ0n) is 14.9. The van der Waals surface area contributed by atoms with Crippen LogP contribution in [-0.4, -0.2) is 48.5 Å². The Morgan fingerprint density at radius 3 is 1.83 bits per heavy atom. The van der Waals surface area contributed by atoms with Crippen molar-refractivity contribution in [3.8, 4) is 0 Å². The van der Waals surface area contributed by atoms with Gasteiger partial charge >= 0.3 is 33.2 Å². The average Bonchev–Trinajstić information content (AvgIpc) is 2.48. The summed E-state index contributed by atoms with van der Waals surface area (Å²) in [6.07, 6.45) is -9.61. The van der Waals surface area contributed by atoms with Gasteiger partial charge in [-0.1, -0.05) is 0 Å². The molecule has 5 nitrogen and oxygen atoms in total. The molecule has 0 heterocycles. The third-order valence-electron chi connectivity index (χ3n) is 6.57. The van der Waals surface area contributed by atoms with Crippen LogP contribution in [0.3, 0.4) is 0 Å². The minimum Gasteiger partial charge on any atom is -0.463 e. The summed E-state index contributed by atoms with van der Waals surface area (Å²) in [6.45, 7) is -0.791. The summed E-state index contributed by atoms with van der Waals surface area (Å²) in [5.41, 5.74) is -1.16. The molecule has 0 spiro atoms. The van der Waals surface area contributed by atoms with Crippen LogP contribution in [0.2, 0.25) is 0 Å². The molecule has 0 aromatic carbocycles. The highest BCUT2D eigenvalue weighted by molar-refractivity contribution is 7.88. The lowest BCUT2D eigenvalue weighted by molar-refractivity contribution is -0.270. The Morgan fingerprint density at radius 2 is 1.45 bits per heavy atom. The molecule has 4 saturated carbocycles. The average molecular weight is 473 g/mol. The predicted octanol–water partition coefficient (Wildman–Crippen LogP) is 4.11. The van der Waals surface area contributed by atoms with Crippen molar-refractivity contribution in [1.29, 1.82) is 0 Å². The molecule has 0 radical (unpaired) electrons. The van der Waals surface area contributed by atoms with Crippen LogP contribution in [0, 0.1) is 22.7 Å². The second-order valence-corrected chi connectivity index (χ2v) is 10.7. The first-order chi connectivity index (χ1) is 13.0. The lowest BCUT2D eigenvalue weighted by Crippen LogP contribution is -2.67. The van der Waals surface area contributed by atoms with Crippen LogP contribution in [0.15, 0.2) is 0 Å². The maximum Gasteiger partial charge on any atom is 0.430 e. The molecule has 4 rings (SSSR count). The first-order valence-corrected chi connectivity index (χ1v) is 10.8. The van der Waals surface area contributed by atoms with Gasteiger partial charge in [-0.15, -0.1) is 11.6 Å². The van der Waals surface area contributed by atoms with Gasteiger partial charge in [-0.05, 0) is 55.8 Å². The molecular weight excluding hydrogens is 454 g/mol. The number of ether oxygens (including phenoxy) is 1. The zero-order valence-corrected chi connectivity index (χ0v) is 16.5. The number of halogens is 7. The van der Waals surface area contributed by atoms with Crippen molar-refractivity contribution in [2.24, 2.45) is 22.7 Å². The van der Waals surface area contributed by atoms with Crippen LogP contribution < -0.4 is 0 Å². The highest BCUT2D eigenvalue weighted by Gasteiger charge is 2.85. The molecule has 4 bridgehead atoms. The van der Waals surface area contributed by atoms with Crippen LogP contribution >= 0.6 is 11.6 Å². The van der Waals surface area contributed by atoms with Gasteiger partial charge in [0.2, 0.25) is 0 Å². The number of carbonyl (C=O) groups excluding carboxylic acids is 1. The summed E-state index contributed by atoms with van der Waals surface area (Å²) in [6, 6.07) is 0. The van der Waals surface area contributed by atoms with Gasteiger partial charge < -0.3 is 4.74 Å². The molecule has 2 unspecified atom stereocenters. The Bertz CT molecular complexity index is 765. The van der Waals surface area contributed by atoms with Crippen molar-refractivity contribution in [2.75, 3.05) is 12.5 Å². The molecule has 4 aliphatic carbocycles. The van der Waals surface area contributed by atoms with E-state index in [9.17, 15) is 39.6 Å². The smallest absolute Gasteiger partial charge is 0.430 e. The molecule has 0 aromatic rings. The fraction of sp³-hybridized carbons (Fsp3) is 0.938. The Hall–Kier alpha value is -0.750. The maximum atomic E-state index is 13.2. The standard InChI is InChI=1S/C16H19ClF6O5S/c17-7-12-2-9-1-10(3-12)5-13(4-9,6-12)8-28-11(24)14(15(18,19)20,16(21,22)23)29(25,26)27/h9-10H,1-8H2,(H,25,26,27). The number of alkyl halides is 7. The van der Waals surface area contributed by atoms with E-state index in [-0.39, 0.29) is 23.1 Å². The first kappa shape index (κ1) is 22.9. The summed E-state index contributed by atoms with van der Waals surface area (Å²) in [7, 11) is -6.98. The second-order valence-electron chi connectivity index (χ2n) is 8.82. The molecule has 0 aromatic heterocycles. The summed E-state index contributed by atoms with van der Waals surface area (Å²) in [5.74, 6) is -2.47. The van der Waals surface area contributed by atoms with Crippen LogP contribution in [0.1, 0.15) is 38.5 Å². The third-order valence-corrected chi connectivity index (χ3v) is 8.54. The summed E-state index contributed by atoms with van der Waals surface area (Å²) >= 11 is 6.08. The van der Waals surface area contributed by atoms with Gasteiger partial charge in [0.1, 0.15) is 0 Å². The quantitative estimate of drug-likeness (QED) is 0.282. The fourth-order valence-corrected chi connectivity index (χ4v) is 7.25. The number of rotatable bonds is 5. The second kappa shape index (κ2) is 6.62. The topological polar surface area (TPSA) is 80.7 Å². The van der Waals surface area contributed by atoms with E-state index in [1.807, 2.05) is 0 Å². The van der Waals surface area contributed by atoms with E-state index < -0.39 is 45.2 Å². The Balaban J connectivity index is 1.90. The van der Waals surface area contributed by atoms with Gasteiger partial charge in [0.25, 0.3) is 0 Å². The largest absolute Gasteiger partial charge is 0.463 e. The molecule has 13 heteroatoms. The Morgan fingerprint density at radius 1 is 1.00 bits per heavy atom. The Labute approximate surface area is 167 Å². The first-order valence-electron chi connectivity index (χ1n) is 8.85. The summed E-state index contributed by atoms with van der Waals surface area (Å²) in [5, 5.41) is 0. The minimum atomic E-state index is -6.98. The molecule has 29 heavy (non-hydrogen) atoms. The van der Waals surface area contributed by atoms with Gasteiger partial charge in [-0.2, -0.15) is 34.8 Å². The van der Waals surface area contributed by atoms with E-state index in [0.29, 0.717) is 19.3 Å². The molecule has 0 saturated heterocycles. The van der Waals surface area contributed by atoms with Crippen LogP contribution in [0.25, 0.3) is 0 Å². The van der Waals surface area contributed by atoms with Gasteiger partial charge in [0.05, 0.1) is 6.61 Å². The van der Waals surface area contributed by atoms with E-state index in [1.54, 1.807) is 0 Å². The van der Waals surface area contributed by atoms with E-state index in [0.717, 1.165) is 19.3 Å². The highest BCUT2D eigenvalue weighted by atomic mass is 35.5. The third kappa shape index (κ3) is 3.42. The highest BCUT2D eigenvalue weighted by Crippen LogP contribution is 2.65. The van der Waals surface area contributed by atoms with Crippen molar-refractivity contribution in [3.05, 3.63) is 0 Å².